The largest absolute Gasteiger partial charge is 0.497 e. The number of nitrogens with zero attached hydrogens (tertiary/aromatic N) is 1. The van der Waals surface area contributed by atoms with E-state index in [2.05, 4.69) is 10.2 Å². The van der Waals surface area contributed by atoms with Gasteiger partial charge in [0, 0.05) is 13.1 Å². The van der Waals surface area contributed by atoms with Gasteiger partial charge in [-0.1, -0.05) is 12.1 Å². The molecule has 0 heterocycles. The average molecular weight is 366 g/mol. The smallest absolute Gasteiger partial charge is 0.227 e. The Morgan fingerprint density at radius 2 is 1.96 bits per heavy atom. The molecule has 0 aliphatic rings. The zero-order valence-electron chi connectivity index (χ0n) is 14.5. The fourth-order valence-corrected chi connectivity index (χ4v) is 1.97. The Hall–Kier alpha value is -1.01. The molecule has 1 aromatic carbocycles. The minimum atomic E-state index is -0.550. The molecule has 0 radical (unpaired) electrons. The van der Waals surface area contributed by atoms with Gasteiger partial charge in [0.1, 0.15) is 5.75 Å². The van der Waals surface area contributed by atoms with Crippen molar-refractivity contribution < 1.29 is 9.53 Å². The summed E-state index contributed by atoms with van der Waals surface area (Å²) >= 11 is 0. The Balaban J connectivity index is 0. The Labute approximate surface area is 151 Å². The molecule has 0 saturated heterocycles. The number of halogens is 2. The first kappa shape index (κ1) is 24.2. The first-order valence-corrected chi connectivity index (χ1v) is 7.10. The molecule has 1 aromatic rings. The van der Waals surface area contributed by atoms with Crippen LogP contribution in [0.4, 0.5) is 0 Å². The van der Waals surface area contributed by atoms with E-state index in [0.29, 0.717) is 13.1 Å². The Morgan fingerprint density at radius 1 is 1.35 bits per heavy atom. The van der Waals surface area contributed by atoms with Crippen LogP contribution in [0.2, 0.25) is 0 Å². The molecule has 0 fully saturated rings. The van der Waals surface area contributed by atoms with E-state index in [4.69, 9.17) is 10.5 Å². The number of amides is 1. The van der Waals surface area contributed by atoms with Crippen molar-refractivity contribution in [3.63, 3.8) is 0 Å². The number of hydrogen-bond donors (Lipinski definition) is 2. The minimum absolute atomic E-state index is 0. The highest BCUT2D eigenvalue weighted by Gasteiger charge is 2.26. The molecular formula is C16H29Cl2N3O2. The highest BCUT2D eigenvalue weighted by Crippen LogP contribution is 2.22. The monoisotopic (exact) mass is 365 g/mol. The van der Waals surface area contributed by atoms with Crippen LogP contribution in [0.15, 0.2) is 24.3 Å². The third kappa shape index (κ3) is 6.96. The van der Waals surface area contributed by atoms with E-state index in [0.717, 1.165) is 11.3 Å². The van der Waals surface area contributed by atoms with Gasteiger partial charge in [0.15, 0.2) is 0 Å². The number of likely N-dealkylation sites (N-methyl/N-ethyl adjacent to an activating group) is 1. The molecule has 23 heavy (non-hydrogen) atoms. The highest BCUT2D eigenvalue weighted by atomic mass is 35.5. The number of nitrogens with two attached hydrogens (primary N) is 1. The normalized spacial score (nSPS) is 12.0. The SMILES string of the molecule is COc1cccc(C(CNC(=O)C(C)(C)CN)N(C)C)c1.Cl.Cl. The van der Waals surface area contributed by atoms with Gasteiger partial charge in [0.2, 0.25) is 5.91 Å². The Bertz CT molecular complexity index is 482. The van der Waals surface area contributed by atoms with Crippen molar-refractivity contribution in [2.75, 3.05) is 34.3 Å². The standard InChI is InChI=1S/C16H27N3O2.2ClH/c1-16(2,11-17)15(20)18-10-14(19(3)4)12-7-6-8-13(9-12)21-5;;/h6-9,14H,10-11,17H2,1-5H3,(H,18,20);2*1H. The molecular weight excluding hydrogens is 337 g/mol. The molecule has 0 aliphatic carbocycles. The van der Waals surface area contributed by atoms with Crippen LogP contribution in [0.5, 0.6) is 5.75 Å². The summed E-state index contributed by atoms with van der Waals surface area (Å²) in [6.07, 6.45) is 0. The summed E-state index contributed by atoms with van der Waals surface area (Å²) in [5.74, 6) is 0.785. The van der Waals surface area contributed by atoms with Gasteiger partial charge in [-0.25, -0.2) is 0 Å². The lowest BCUT2D eigenvalue weighted by Gasteiger charge is -2.28. The van der Waals surface area contributed by atoms with E-state index in [1.165, 1.54) is 0 Å². The third-order valence-electron chi connectivity index (χ3n) is 3.68. The maximum absolute atomic E-state index is 12.1. The van der Waals surface area contributed by atoms with E-state index < -0.39 is 5.41 Å². The van der Waals surface area contributed by atoms with Crippen LogP contribution in [0.3, 0.4) is 0 Å². The number of nitrogens with one attached hydrogen (secondary N) is 1. The van der Waals surface area contributed by atoms with Crippen LogP contribution in [0.1, 0.15) is 25.5 Å². The van der Waals surface area contributed by atoms with Crippen molar-refractivity contribution in [1.82, 2.24) is 10.2 Å². The third-order valence-corrected chi connectivity index (χ3v) is 3.68. The maximum Gasteiger partial charge on any atom is 0.227 e. The van der Waals surface area contributed by atoms with E-state index >= 15 is 0 Å². The summed E-state index contributed by atoms with van der Waals surface area (Å²) in [4.78, 5) is 14.2. The van der Waals surface area contributed by atoms with Crippen LogP contribution in [0.25, 0.3) is 0 Å². The summed E-state index contributed by atoms with van der Waals surface area (Å²) in [6, 6.07) is 7.97. The molecule has 1 rings (SSSR count). The molecule has 7 heteroatoms. The molecule has 0 spiro atoms. The van der Waals surface area contributed by atoms with Crippen LogP contribution in [-0.2, 0) is 4.79 Å². The predicted molar refractivity (Wildman–Crippen MR) is 99.8 cm³/mol. The highest BCUT2D eigenvalue weighted by molar-refractivity contribution is 5.85. The fourth-order valence-electron chi connectivity index (χ4n) is 1.97. The minimum Gasteiger partial charge on any atom is -0.497 e. The zero-order valence-corrected chi connectivity index (χ0v) is 16.1. The molecule has 0 bridgehead atoms. The van der Waals surface area contributed by atoms with Gasteiger partial charge in [-0.05, 0) is 45.6 Å². The number of benzene rings is 1. The van der Waals surface area contributed by atoms with Crippen molar-refractivity contribution in [3.8, 4) is 5.75 Å². The van der Waals surface area contributed by atoms with Crippen LogP contribution >= 0.6 is 24.8 Å². The van der Waals surface area contributed by atoms with Crippen molar-refractivity contribution in [3.05, 3.63) is 29.8 Å². The summed E-state index contributed by atoms with van der Waals surface area (Å²) in [5, 5.41) is 2.99. The lowest BCUT2D eigenvalue weighted by Crippen LogP contribution is -2.44. The number of carbonyl (C=O) groups excluding carboxylic acids is 1. The zero-order chi connectivity index (χ0) is 16.0. The van der Waals surface area contributed by atoms with Gasteiger partial charge in [0.05, 0.1) is 18.6 Å². The molecule has 0 aromatic heterocycles. The van der Waals surface area contributed by atoms with Crippen molar-refractivity contribution in [1.29, 1.82) is 0 Å². The topological polar surface area (TPSA) is 67.6 Å². The fraction of sp³-hybridized carbons (Fsp3) is 0.562. The van der Waals surface area contributed by atoms with Gasteiger partial charge in [-0.15, -0.1) is 24.8 Å². The second-order valence-corrected chi connectivity index (χ2v) is 6.05. The molecule has 1 unspecified atom stereocenters. The molecule has 0 aliphatic heterocycles. The molecule has 3 N–H and O–H groups in total. The number of ether oxygens (including phenoxy) is 1. The average Bonchev–Trinajstić information content (AvgIpc) is 2.47. The summed E-state index contributed by atoms with van der Waals surface area (Å²) < 4.78 is 5.26. The first-order valence-electron chi connectivity index (χ1n) is 7.10. The first-order chi connectivity index (χ1) is 9.81. The molecule has 1 amide bonds. The van der Waals surface area contributed by atoms with Crippen molar-refractivity contribution in [2.24, 2.45) is 11.1 Å². The molecule has 134 valence electrons. The van der Waals surface area contributed by atoms with Gasteiger partial charge >= 0.3 is 0 Å². The van der Waals surface area contributed by atoms with Crippen LogP contribution in [-0.4, -0.2) is 45.1 Å². The van der Waals surface area contributed by atoms with E-state index in [-0.39, 0.29) is 36.8 Å². The quantitative estimate of drug-likeness (QED) is 0.777. The summed E-state index contributed by atoms with van der Waals surface area (Å²) in [7, 11) is 5.63. The van der Waals surface area contributed by atoms with Crippen molar-refractivity contribution >= 4 is 30.7 Å². The Kier molecular flexibility index (Phi) is 11.3. The number of methoxy groups -OCH3 is 1. The van der Waals surface area contributed by atoms with Gasteiger partial charge in [-0.2, -0.15) is 0 Å². The van der Waals surface area contributed by atoms with Crippen molar-refractivity contribution in [2.45, 2.75) is 19.9 Å². The van der Waals surface area contributed by atoms with E-state index in [9.17, 15) is 4.79 Å². The van der Waals surface area contributed by atoms with E-state index in [1.807, 2.05) is 52.2 Å². The molecule has 5 nitrogen and oxygen atoms in total. The molecule has 0 saturated carbocycles. The lowest BCUT2D eigenvalue weighted by molar-refractivity contribution is -0.129. The number of carbonyl (C=O) groups is 1. The second kappa shape index (κ2) is 10.7. The van der Waals surface area contributed by atoms with Gasteiger partial charge in [0.25, 0.3) is 0 Å². The Morgan fingerprint density at radius 3 is 2.43 bits per heavy atom. The summed E-state index contributed by atoms with van der Waals surface area (Å²) in [6.45, 7) is 4.55. The van der Waals surface area contributed by atoms with E-state index in [1.54, 1.807) is 7.11 Å². The van der Waals surface area contributed by atoms with Crippen LogP contribution in [0, 0.1) is 5.41 Å². The van der Waals surface area contributed by atoms with Gasteiger partial charge < -0.3 is 20.7 Å². The molecule has 1 atom stereocenters. The lowest BCUT2D eigenvalue weighted by atomic mass is 9.92. The number of rotatable bonds is 7. The number of hydrogen-bond acceptors (Lipinski definition) is 4. The van der Waals surface area contributed by atoms with Crippen LogP contribution < -0.4 is 15.8 Å². The summed E-state index contributed by atoms with van der Waals surface area (Å²) in [5.41, 5.74) is 6.19. The second-order valence-electron chi connectivity index (χ2n) is 6.05. The van der Waals surface area contributed by atoms with Gasteiger partial charge in [-0.3, -0.25) is 4.79 Å². The maximum atomic E-state index is 12.1. The predicted octanol–water partition coefficient (Wildman–Crippen LogP) is 2.24.